The van der Waals surface area contributed by atoms with Gasteiger partial charge in [-0.2, -0.15) is 8.61 Å². The van der Waals surface area contributed by atoms with E-state index in [4.69, 9.17) is 15.2 Å². The van der Waals surface area contributed by atoms with Crippen molar-refractivity contribution in [2.45, 2.75) is 127 Å². The molecule has 0 radical (unpaired) electrons. The molecule has 4 aromatic carbocycles. The molecule has 1 heterocycles. The number of hydrogen-bond donors (Lipinski definition) is 5. The first kappa shape index (κ1) is 59.4. The molecule has 1 saturated heterocycles. The number of benzene rings is 4. The van der Waals surface area contributed by atoms with Gasteiger partial charge in [0.05, 0.1) is 47.3 Å². The zero-order valence-electron chi connectivity index (χ0n) is 42.9. The topological polar surface area (TPSA) is 235 Å². The lowest BCUT2D eigenvalue weighted by molar-refractivity contribution is -0.129. The number of aryl methyl sites for hydroxylation is 1. The second kappa shape index (κ2) is 28.9. The van der Waals surface area contributed by atoms with Gasteiger partial charge in [0.15, 0.2) is 0 Å². The molecular formula is C54H77N5O11S2. The van der Waals surface area contributed by atoms with Gasteiger partial charge in [-0.1, -0.05) is 126 Å². The predicted molar refractivity (Wildman–Crippen MR) is 280 cm³/mol. The predicted octanol–water partition coefficient (Wildman–Crippen LogP) is 6.53. The molecule has 18 heteroatoms. The van der Waals surface area contributed by atoms with Gasteiger partial charge in [-0.05, 0) is 86.1 Å². The summed E-state index contributed by atoms with van der Waals surface area (Å²) in [5.74, 6) is -0.856. The Morgan fingerprint density at radius 1 is 0.694 bits per heavy atom. The second-order valence-electron chi connectivity index (χ2n) is 19.1. The fourth-order valence-corrected chi connectivity index (χ4v) is 11.1. The van der Waals surface area contributed by atoms with E-state index in [0.717, 1.165) is 29.5 Å². The molecule has 0 bridgehead atoms. The highest BCUT2D eigenvalue weighted by Gasteiger charge is 2.34. The fourth-order valence-electron chi connectivity index (χ4n) is 7.91. The molecule has 396 valence electrons. The number of rotatable bonds is 26. The summed E-state index contributed by atoms with van der Waals surface area (Å²) in [6, 6.07) is 29.9. The van der Waals surface area contributed by atoms with E-state index in [-0.39, 0.29) is 72.0 Å². The zero-order valence-corrected chi connectivity index (χ0v) is 44.5. The number of aliphatic hydroxyl groups is 2. The average Bonchev–Trinajstić information content (AvgIpc) is 3.86. The number of carbonyl (C=O) groups is 3. The second-order valence-corrected chi connectivity index (χ2v) is 23.0. The largest absolute Gasteiger partial charge is 0.444 e. The minimum Gasteiger partial charge on any atom is -0.444 e. The van der Waals surface area contributed by atoms with Crippen LogP contribution in [0.4, 0.5) is 10.5 Å². The van der Waals surface area contributed by atoms with Gasteiger partial charge < -0.3 is 40.8 Å². The van der Waals surface area contributed by atoms with E-state index >= 15 is 0 Å². The lowest BCUT2D eigenvalue weighted by Gasteiger charge is -2.31. The highest BCUT2D eigenvalue weighted by molar-refractivity contribution is 7.89. The minimum atomic E-state index is -3.91. The van der Waals surface area contributed by atoms with Gasteiger partial charge in [-0.3, -0.25) is 4.79 Å². The van der Waals surface area contributed by atoms with Gasteiger partial charge in [-0.15, -0.1) is 0 Å². The molecule has 0 saturated carbocycles. The van der Waals surface area contributed by atoms with Crippen molar-refractivity contribution in [2.75, 3.05) is 45.1 Å². The monoisotopic (exact) mass is 1040 g/mol. The molecule has 2 amide bonds. The third-order valence-electron chi connectivity index (χ3n) is 12.7. The van der Waals surface area contributed by atoms with Crippen LogP contribution in [0.1, 0.15) is 83.9 Å². The number of nitrogens with one attached hydrogen (secondary N) is 2. The normalized spacial score (nSPS) is 16.8. The Bertz CT molecular complexity index is 2500. The van der Waals surface area contributed by atoms with E-state index in [9.17, 15) is 41.4 Å². The van der Waals surface area contributed by atoms with Crippen LogP contribution < -0.4 is 16.4 Å². The summed E-state index contributed by atoms with van der Waals surface area (Å²) in [6.07, 6.45) is -0.474. The zero-order chi connectivity index (χ0) is 53.0. The molecule has 1 unspecified atom stereocenters. The van der Waals surface area contributed by atoms with Gasteiger partial charge in [0.2, 0.25) is 26.0 Å². The molecule has 0 spiro atoms. The van der Waals surface area contributed by atoms with Crippen LogP contribution in [0.2, 0.25) is 0 Å². The number of aliphatic hydroxyl groups excluding tert-OH is 2. The lowest BCUT2D eigenvalue weighted by Crippen LogP contribution is -2.52. The van der Waals surface area contributed by atoms with Gasteiger partial charge >= 0.3 is 6.09 Å². The number of nitrogen functional groups attached to an aromatic ring is 1. The number of carbonyl (C=O) groups excluding carboxylic acids is 3. The molecule has 6 N–H and O–H groups in total. The quantitative estimate of drug-likeness (QED) is 0.0423. The van der Waals surface area contributed by atoms with E-state index in [1.165, 1.54) is 39.8 Å². The minimum absolute atomic E-state index is 0.0635. The highest BCUT2D eigenvalue weighted by atomic mass is 32.2. The Hall–Kier alpha value is -5.21. The smallest absolute Gasteiger partial charge is 0.407 e. The number of hydrogen-bond acceptors (Lipinski definition) is 12. The fraction of sp³-hybridized carbons (Fsp3) is 0.500. The van der Waals surface area contributed by atoms with E-state index < -0.39 is 56.3 Å². The highest BCUT2D eigenvalue weighted by Crippen LogP contribution is 2.23. The Kier molecular flexibility index (Phi) is 23.8. The summed E-state index contributed by atoms with van der Waals surface area (Å²) in [5.41, 5.74) is 8.94. The molecule has 1 aliphatic rings. The number of sulfonamides is 2. The summed E-state index contributed by atoms with van der Waals surface area (Å²) >= 11 is 0. The van der Waals surface area contributed by atoms with Gasteiger partial charge in [-0.25, -0.2) is 21.6 Å². The van der Waals surface area contributed by atoms with Crippen LogP contribution in [0, 0.1) is 24.7 Å². The third kappa shape index (κ3) is 19.0. The number of nitrogens with two attached hydrogens (primary N) is 1. The summed E-state index contributed by atoms with van der Waals surface area (Å²) in [6.45, 7) is 13.9. The van der Waals surface area contributed by atoms with Crippen molar-refractivity contribution in [3.05, 3.63) is 126 Å². The Balaban J connectivity index is 0.000000312. The molecule has 1 aliphatic heterocycles. The van der Waals surface area contributed by atoms with Crippen LogP contribution in [-0.2, 0) is 52.0 Å². The van der Waals surface area contributed by atoms with Crippen LogP contribution in [-0.4, -0.2) is 123 Å². The molecule has 8 atom stereocenters. The summed E-state index contributed by atoms with van der Waals surface area (Å²) in [7, 11) is -7.78. The van der Waals surface area contributed by atoms with Crippen LogP contribution in [0.5, 0.6) is 0 Å². The average molecular weight is 1040 g/mol. The van der Waals surface area contributed by atoms with Crippen molar-refractivity contribution in [1.29, 1.82) is 0 Å². The number of amides is 2. The van der Waals surface area contributed by atoms with Crippen molar-refractivity contribution < 1.29 is 50.9 Å². The number of ketones is 1. The van der Waals surface area contributed by atoms with Gasteiger partial charge in [0.25, 0.3) is 0 Å². The summed E-state index contributed by atoms with van der Waals surface area (Å²) < 4.78 is 67.4. The molecule has 1 fully saturated rings. The third-order valence-corrected chi connectivity index (χ3v) is 16.4. The molecule has 4 aromatic rings. The van der Waals surface area contributed by atoms with E-state index in [1.54, 1.807) is 31.2 Å². The van der Waals surface area contributed by atoms with Crippen molar-refractivity contribution >= 4 is 43.5 Å². The molecule has 16 nitrogen and oxygen atoms in total. The van der Waals surface area contributed by atoms with Crippen molar-refractivity contribution in [3.8, 4) is 0 Å². The summed E-state index contributed by atoms with van der Waals surface area (Å²) in [4.78, 5) is 37.2. The van der Waals surface area contributed by atoms with E-state index in [1.807, 2.05) is 95.3 Å². The number of Topliss-reactive ketones (excluding diaryl/α,β-unsaturated/α-hetero) is 1. The maximum atomic E-state index is 13.6. The number of nitrogens with zero attached hydrogens (tertiary/aromatic N) is 2. The lowest BCUT2D eigenvalue weighted by atomic mass is 9.98. The Labute approximate surface area is 427 Å². The van der Waals surface area contributed by atoms with Gasteiger partial charge in [0, 0.05) is 50.6 Å². The van der Waals surface area contributed by atoms with Gasteiger partial charge in [0.1, 0.15) is 11.9 Å². The van der Waals surface area contributed by atoms with Crippen molar-refractivity contribution in [2.24, 2.45) is 17.8 Å². The maximum absolute atomic E-state index is 13.6. The Morgan fingerprint density at radius 3 is 1.56 bits per heavy atom. The SMILES string of the molecule is CC[C@H](C)CN(C[C@@H](O)[C@H](Cc1ccccc1)NC(=O)OC1CCOC1)S(=O)(=O)c1ccc(N)cc1.CC[C@H](C)CN(C[C@@H](O)[C@H](Cc1ccccc1)NC(=O)[C@H](C)CC(C)=O)S(=O)(=O)c1ccc(C)cc1. The first-order chi connectivity index (χ1) is 34.1. The maximum Gasteiger partial charge on any atom is 0.407 e. The van der Waals surface area contributed by atoms with E-state index in [0.29, 0.717) is 38.2 Å². The molecular weight excluding hydrogens is 959 g/mol. The molecule has 0 aliphatic carbocycles. The van der Waals surface area contributed by atoms with Crippen LogP contribution in [0.3, 0.4) is 0 Å². The first-order valence-electron chi connectivity index (χ1n) is 24.8. The van der Waals surface area contributed by atoms with Crippen molar-refractivity contribution in [3.63, 3.8) is 0 Å². The van der Waals surface area contributed by atoms with E-state index in [2.05, 4.69) is 10.6 Å². The number of alkyl carbamates (subject to hydrolysis) is 1. The standard InChI is InChI=1S/C28H40N2O5S.C26H37N3O6S/c1-6-20(2)18-30(36(34,35)25-14-12-21(3)13-15-25)19-27(32)26(17-24-10-8-7-9-11-24)29-28(33)22(4)16-23(5)31;1-3-19(2)16-29(36(32,33)23-11-9-21(27)10-12-23)17-25(30)24(15-20-7-5-4-6-8-20)28-26(31)35-22-13-14-34-18-22/h7-15,20,22,26-27,32H,6,16-19H2,1-5H3,(H,29,33);4-12,19,22,24-25,30H,3,13-18,27H2,1-2H3,(H,28,31)/t20-,22+,26-,27+;19-,22?,24-,25+/m00/s1. The molecule has 72 heavy (non-hydrogen) atoms. The molecule has 0 aromatic heterocycles. The van der Waals surface area contributed by atoms with Crippen LogP contribution >= 0.6 is 0 Å². The molecule has 5 rings (SSSR count). The van der Waals surface area contributed by atoms with Crippen LogP contribution in [0.15, 0.2) is 119 Å². The number of ether oxygens (including phenoxy) is 2. The van der Waals surface area contributed by atoms with Crippen molar-refractivity contribution in [1.82, 2.24) is 19.2 Å². The van der Waals surface area contributed by atoms with Crippen LogP contribution in [0.25, 0.3) is 0 Å². The Morgan fingerprint density at radius 2 is 1.14 bits per heavy atom. The number of anilines is 1. The first-order valence-corrected chi connectivity index (χ1v) is 27.7. The summed E-state index contributed by atoms with van der Waals surface area (Å²) in [5, 5.41) is 28.2.